The lowest BCUT2D eigenvalue weighted by Crippen LogP contribution is -2.42. The van der Waals surface area contributed by atoms with Crippen LogP contribution in [-0.2, 0) is 4.74 Å². The van der Waals surface area contributed by atoms with Crippen molar-refractivity contribution in [3.05, 3.63) is 11.7 Å². The molecule has 0 saturated carbocycles. The number of fused-ring (bicyclic) bond motifs is 1. The number of rotatable bonds is 2. The second kappa shape index (κ2) is 5.73. The second-order valence-electron chi connectivity index (χ2n) is 4.22. The summed E-state index contributed by atoms with van der Waals surface area (Å²) in [6.45, 7) is 5.94. The van der Waals surface area contributed by atoms with Crippen molar-refractivity contribution in [3.63, 3.8) is 0 Å². The standard InChI is InChI=1S/C10H15F2NO.C2H6/c1-14-7-10-3-2-4-13(10)6-8(5-10)9(11)12;1-2/h2-7H2,1H3;1-2H3. The van der Waals surface area contributed by atoms with E-state index in [2.05, 4.69) is 4.90 Å². The SMILES string of the molecule is CC.COCC12CCCN1CC(=C(F)F)C2. The molecule has 2 heterocycles. The van der Waals surface area contributed by atoms with Crippen molar-refractivity contribution in [2.45, 2.75) is 38.6 Å². The summed E-state index contributed by atoms with van der Waals surface area (Å²) in [5.74, 6) is 0. The molecule has 0 aliphatic carbocycles. The van der Waals surface area contributed by atoms with E-state index in [4.69, 9.17) is 4.74 Å². The Kier molecular flexibility index (Phi) is 4.87. The molecule has 0 radical (unpaired) electrons. The van der Waals surface area contributed by atoms with E-state index in [0.717, 1.165) is 19.4 Å². The van der Waals surface area contributed by atoms with Gasteiger partial charge in [0.15, 0.2) is 0 Å². The molecule has 0 aromatic heterocycles. The summed E-state index contributed by atoms with van der Waals surface area (Å²) in [6.07, 6.45) is 1.08. The van der Waals surface area contributed by atoms with E-state index in [-0.39, 0.29) is 5.54 Å². The molecule has 2 nitrogen and oxygen atoms in total. The van der Waals surface area contributed by atoms with Gasteiger partial charge in [-0.05, 0) is 25.8 Å². The molecule has 0 N–H and O–H groups in total. The molecule has 2 fully saturated rings. The maximum absolute atomic E-state index is 12.5. The molecule has 4 heteroatoms. The molecule has 2 saturated heterocycles. The van der Waals surface area contributed by atoms with Crippen LogP contribution in [0.25, 0.3) is 0 Å². The van der Waals surface area contributed by atoms with Crippen LogP contribution >= 0.6 is 0 Å². The highest BCUT2D eigenvalue weighted by Gasteiger charge is 2.47. The van der Waals surface area contributed by atoms with Gasteiger partial charge >= 0.3 is 0 Å². The molecule has 1 atom stereocenters. The number of hydrogen-bond donors (Lipinski definition) is 0. The Labute approximate surface area is 96.3 Å². The van der Waals surface area contributed by atoms with Crippen molar-refractivity contribution < 1.29 is 13.5 Å². The largest absolute Gasteiger partial charge is 0.383 e. The van der Waals surface area contributed by atoms with Gasteiger partial charge in [0.1, 0.15) is 0 Å². The van der Waals surface area contributed by atoms with E-state index in [9.17, 15) is 8.78 Å². The lowest BCUT2D eigenvalue weighted by molar-refractivity contribution is 0.0656. The first-order chi connectivity index (χ1) is 7.68. The van der Waals surface area contributed by atoms with Crippen LogP contribution in [0.15, 0.2) is 11.7 Å². The number of hydrogen-bond acceptors (Lipinski definition) is 2. The molecular weight excluding hydrogens is 212 g/mol. The third-order valence-corrected chi connectivity index (χ3v) is 3.35. The van der Waals surface area contributed by atoms with Crippen molar-refractivity contribution >= 4 is 0 Å². The third kappa shape index (κ3) is 2.43. The van der Waals surface area contributed by atoms with Crippen LogP contribution in [0.5, 0.6) is 0 Å². The quantitative estimate of drug-likeness (QED) is 0.727. The molecule has 0 bridgehead atoms. The Balaban J connectivity index is 0.000000606. The van der Waals surface area contributed by atoms with E-state index in [0.29, 0.717) is 25.1 Å². The molecule has 94 valence electrons. The predicted octanol–water partition coefficient (Wildman–Crippen LogP) is 3.05. The molecule has 2 aliphatic heterocycles. The van der Waals surface area contributed by atoms with E-state index in [1.807, 2.05) is 13.8 Å². The maximum atomic E-state index is 12.5. The monoisotopic (exact) mass is 233 g/mol. The van der Waals surface area contributed by atoms with Crippen molar-refractivity contribution in [1.29, 1.82) is 0 Å². The predicted molar refractivity (Wildman–Crippen MR) is 60.6 cm³/mol. The number of halogens is 2. The first-order valence-corrected chi connectivity index (χ1v) is 5.95. The molecule has 0 amide bonds. The molecule has 2 rings (SSSR count). The van der Waals surface area contributed by atoms with E-state index in [1.165, 1.54) is 0 Å². The van der Waals surface area contributed by atoms with Gasteiger partial charge in [-0.3, -0.25) is 4.90 Å². The zero-order valence-electron chi connectivity index (χ0n) is 10.4. The Hall–Kier alpha value is -0.480. The van der Waals surface area contributed by atoms with Crippen molar-refractivity contribution in [2.24, 2.45) is 0 Å². The molecule has 0 aromatic rings. The van der Waals surface area contributed by atoms with Gasteiger partial charge in [0.2, 0.25) is 0 Å². The molecule has 2 aliphatic rings. The van der Waals surface area contributed by atoms with Crippen LogP contribution in [0.4, 0.5) is 8.78 Å². The van der Waals surface area contributed by atoms with Gasteiger partial charge in [0.05, 0.1) is 6.61 Å². The highest BCUT2D eigenvalue weighted by Crippen LogP contribution is 2.42. The molecule has 1 unspecified atom stereocenters. The van der Waals surface area contributed by atoms with Gasteiger partial charge in [-0.15, -0.1) is 0 Å². The van der Waals surface area contributed by atoms with Crippen molar-refractivity contribution in [1.82, 2.24) is 4.90 Å². The highest BCUT2D eigenvalue weighted by atomic mass is 19.3. The first kappa shape index (κ1) is 13.6. The molecule has 0 spiro atoms. The van der Waals surface area contributed by atoms with Crippen LogP contribution in [0.2, 0.25) is 0 Å². The van der Waals surface area contributed by atoms with Crippen LogP contribution in [0.3, 0.4) is 0 Å². The number of ether oxygens (including phenoxy) is 1. The van der Waals surface area contributed by atoms with Crippen molar-refractivity contribution in [3.8, 4) is 0 Å². The van der Waals surface area contributed by atoms with Gasteiger partial charge in [0, 0.05) is 24.8 Å². The van der Waals surface area contributed by atoms with Gasteiger partial charge in [-0.1, -0.05) is 13.8 Å². The van der Waals surface area contributed by atoms with Crippen LogP contribution in [0, 0.1) is 0 Å². The summed E-state index contributed by atoms with van der Waals surface area (Å²) in [7, 11) is 1.64. The van der Waals surface area contributed by atoms with Gasteiger partial charge in [-0.25, -0.2) is 0 Å². The summed E-state index contributed by atoms with van der Waals surface area (Å²) < 4.78 is 30.1. The Bertz CT molecular complexity index is 264. The lowest BCUT2D eigenvalue weighted by Gasteiger charge is -2.30. The van der Waals surface area contributed by atoms with E-state index >= 15 is 0 Å². The topological polar surface area (TPSA) is 12.5 Å². The van der Waals surface area contributed by atoms with Gasteiger partial charge in [0.25, 0.3) is 6.08 Å². The fourth-order valence-electron chi connectivity index (χ4n) is 2.73. The fourth-order valence-corrected chi connectivity index (χ4v) is 2.73. The zero-order valence-corrected chi connectivity index (χ0v) is 10.4. The van der Waals surface area contributed by atoms with E-state index in [1.54, 1.807) is 7.11 Å². The summed E-state index contributed by atoms with van der Waals surface area (Å²) in [4.78, 5) is 2.14. The Morgan fingerprint density at radius 3 is 2.69 bits per heavy atom. The minimum atomic E-state index is -1.49. The summed E-state index contributed by atoms with van der Waals surface area (Å²) in [6, 6.07) is 0. The molecular formula is C12H21F2NO. The van der Waals surface area contributed by atoms with Crippen LogP contribution in [-0.4, -0.2) is 37.2 Å². The first-order valence-electron chi connectivity index (χ1n) is 5.95. The van der Waals surface area contributed by atoms with E-state index < -0.39 is 6.08 Å². The Morgan fingerprint density at radius 2 is 2.12 bits per heavy atom. The van der Waals surface area contributed by atoms with Crippen LogP contribution in [0.1, 0.15) is 33.1 Å². The zero-order chi connectivity index (χ0) is 12.2. The summed E-state index contributed by atoms with van der Waals surface area (Å²) in [5, 5.41) is 0. The van der Waals surface area contributed by atoms with Gasteiger partial charge in [-0.2, -0.15) is 8.78 Å². The Morgan fingerprint density at radius 1 is 1.44 bits per heavy atom. The average Bonchev–Trinajstić information content (AvgIpc) is 2.77. The minimum absolute atomic E-state index is 0.118. The van der Waals surface area contributed by atoms with Crippen molar-refractivity contribution in [2.75, 3.05) is 26.8 Å². The number of methoxy groups -OCH3 is 1. The minimum Gasteiger partial charge on any atom is -0.383 e. The third-order valence-electron chi connectivity index (χ3n) is 3.35. The smallest absolute Gasteiger partial charge is 0.270 e. The summed E-state index contributed by atoms with van der Waals surface area (Å²) in [5.41, 5.74) is 0.190. The summed E-state index contributed by atoms with van der Waals surface area (Å²) >= 11 is 0. The normalized spacial score (nSPS) is 28.7. The van der Waals surface area contributed by atoms with Gasteiger partial charge < -0.3 is 4.74 Å². The molecule has 16 heavy (non-hydrogen) atoms. The second-order valence-corrected chi connectivity index (χ2v) is 4.22. The lowest BCUT2D eigenvalue weighted by atomic mass is 9.94. The number of nitrogens with zero attached hydrogens (tertiary/aromatic N) is 1. The van der Waals surface area contributed by atoms with Crippen LogP contribution < -0.4 is 0 Å². The molecule has 0 aromatic carbocycles. The highest BCUT2D eigenvalue weighted by molar-refractivity contribution is 5.21. The maximum Gasteiger partial charge on any atom is 0.270 e. The average molecular weight is 233 g/mol. The fraction of sp³-hybridized carbons (Fsp3) is 0.833.